The molecule has 0 bridgehead atoms. The third-order valence-corrected chi connectivity index (χ3v) is 5.75. The predicted octanol–water partition coefficient (Wildman–Crippen LogP) is 2.85. The Bertz CT molecular complexity index is 531. The van der Waals surface area contributed by atoms with Crippen LogP contribution in [-0.2, 0) is 4.74 Å². The molecule has 1 aromatic rings. The van der Waals surface area contributed by atoms with E-state index in [1.165, 1.54) is 11.3 Å². The lowest BCUT2D eigenvalue weighted by Crippen LogP contribution is -2.47. The molecule has 116 valence electrons. The van der Waals surface area contributed by atoms with E-state index in [2.05, 4.69) is 11.8 Å². The number of hydrogen-bond acceptors (Lipinski definition) is 4. The minimum absolute atomic E-state index is 0.00856. The Morgan fingerprint density at radius 2 is 2.05 bits per heavy atom. The molecule has 2 aliphatic heterocycles. The smallest absolute Gasteiger partial charge is 0.256 e. The summed E-state index contributed by atoms with van der Waals surface area (Å²) < 4.78 is 6.44. The van der Waals surface area contributed by atoms with Crippen molar-refractivity contribution in [3.63, 3.8) is 0 Å². The second-order valence-corrected chi connectivity index (χ2v) is 7.93. The highest BCUT2D eigenvalue weighted by Gasteiger charge is 2.37. The molecule has 0 unspecified atom stereocenters. The number of thiophene rings is 1. The van der Waals surface area contributed by atoms with Crippen LogP contribution in [0.4, 0.5) is 0 Å². The quantitative estimate of drug-likeness (QED) is 0.823. The number of likely N-dealkylation sites (tertiary alicyclic amines) is 1. The monoisotopic (exact) mass is 348 g/mol. The molecule has 4 nitrogen and oxygen atoms in total. The van der Waals surface area contributed by atoms with E-state index in [4.69, 9.17) is 27.9 Å². The number of morpholine rings is 1. The predicted molar refractivity (Wildman–Crippen MR) is 85.6 cm³/mol. The fraction of sp³-hybridized carbons (Fsp3) is 0.643. The van der Waals surface area contributed by atoms with Gasteiger partial charge in [-0.15, -0.1) is 11.3 Å². The summed E-state index contributed by atoms with van der Waals surface area (Å²) in [6.45, 7) is 7.18. The van der Waals surface area contributed by atoms with E-state index in [0.29, 0.717) is 26.2 Å². The summed E-state index contributed by atoms with van der Waals surface area (Å²) in [6.07, 6.45) is 0. The maximum absolute atomic E-state index is 12.6. The van der Waals surface area contributed by atoms with Crippen molar-refractivity contribution >= 4 is 40.4 Å². The average Bonchev–Trinajstić information content (AvgIpc) is 3.02. The molecule has 0 saturated carbocycles. The Morgan fingerprint density at radius 3 is 2.67 bits per heavy atom. The van der Waals surface area contributed by atoms with Crippen LogP contribution in [0.2, 0.25) is 8.67 Å². The molecule has 0 aromatic carbocycles. The summed E-state index contributed by atoms with van der Waals surface area (Å²) in [5.74, 6) is 0.450. The first kappa shape index (κ1) is 15.6. The largest absolute Gasteiger partial charge is 0.379 e. The van der Waals surface area contributed by atoms with Gasteiger partial charge in [-0.25, -0.2) is 0 Å². The first-order valence-corrected chi connectivity index (χ1v) is 8.69. The van der Waals surface area contributed by atoms with E-state index in [0.717, 1.165) is 39.4 Å². The lowest BCUT2D eigenvalue weighted by Gasteiger charge is -2.33. The molecule has 2 saturated heterocycles. The zero-order chi connectivity index (χ0) is 15.0. The highest BCUT2D eigenvalue weighted by atomic mass is 35.5. The van der Waals surface area contributed by atoms with Crippen molar-refractivity contribution in [1.82, 2.24) is 9.80 Å². The van der Waals surface area contributed by atoms with Crippen molar-refractivity contribution in [3.8, 4) is 0 Å². The minimum Gasteiger partial charge on any atom is -0.379 e. The first-order valence-electron chi connectivity index (χ1n) is 7.12. The second-order valence-electron chi connectivity index (χ2n) is 5.64. The number of carbonyl (C=O) groups is 1. The van der Waals surface area contributed by atoms with Gasteiger partial charge in [0.25, 0.3) is 5.91 Å². The van der Waals surface area contributed by atoms with Gasteiger partial charge in [0.2, 0.25) is 0 Å². The van der Waals surface area contributed by atoms with E-state index in [1.807, 2.05) is 4.90 Å². The van der Waals surface area contributed by atoms with Crippen LogP contribution < -0.4 is 0 Å². The van der Waals surface area contributed by atoms with Gasteiger partial charge >= 0.3 is 0 Å². The Morgan fingerprint density at radius 1 is 1.33 bits per heavy atom. The topological polar surface area (TPSA) is 32.8 Å². The fourth-order valence-electron chi connectivity index (χ4n) is 3.16. The molecular formula is C14H18Cl2N2O2S. The zero-order valence-electron chi connectivity index (χ0n) is 11.8. The van der Waals surface area contributed by atoms with Gasteiger partial charge in [-0.1, -0.05) is 30.1 Å². The summed E-state index contributed by atoms with van der Waals surface area (Å²) in [6, 6.07) is 2.08. The van der Waals surface area contributed by atoms with Gasteiger partial charge in [0, 0.05) is 32.2 Å². The van der Waals surface area contributed by atoms with Crippen molar-refractivity contribution in [2.45, 2.75) is 13.0 Å². The Labute approximate surface area is 138 Å². The van der Waals surface area contributed by atoms with Crippen LogP contribution in [0.25, 0.3) is 0 Å². The Hall–Kier alpha value is -0.330. The third kappa shape index (κ3) is 3.22. The number of hydrogen-bond donors (Lipinski definition) is 0. The van der Waals surface area contributed by atoms with Crippen molar-refractivity contribution in [2.75, 3.05) is 39.4 Å². The number of halogens is 2. The highest BCUT2D eigenvalue weighted by Crippen LogP contribution is 2.33. The van der Waals surface area contributed by atoms with Gasteiger partial charge in [0.05, 0.1) is 23.1 Å². The van der Waals surface area contributed by atoms with E-state index >= 15 is 0 Å². The van der Waals surface area contributed by atoms with Crippen LogP contribution in [0.15, 0.2) is 6.07 Å². The van der Waals surface area contributed by atoms with E-state index in [9.17, 15) is 4.79 Å². The second kappa shape index (κ2) is 6.42. The van der Waals surface area contributed by atoms with E-state index in [1.54, 1.807) is 6.07 Å². The van der Waals surface area contributed by atoms with E-state index in [-0.39, 0.29) is 5.91 Å². The van der Waals surface area contributed by atoms with Gasteiger partial charge in [-0.05, 0) is 12.0 Å². The maximum atomic E-state index is 12.6. The summed E-state index contributed by atoms with van der Waals surface area (Å²) in [4.78, 5) is 16.9. The van der Waals surface area contributed by atoms with Gasteiger partial charge < -0.3 is 9.64 Å². The molecular weight excluding hydrogens is 331 g/mol. The van der Waals surface area contributed by atoms with Crippen molar-refractivity contribution in [1.29, 1.82) is 0 Å². The van der Waals surface area contributed by atoms with Gasteiger partial charge in [0.15, 0.2) is 0 Å². The first-order chi connectivity index (χ1) is 10.1. The third-order valence-electron chi connectivity index (χ3n) is 4.26. The molecule has 2 atom stereocenters. The van der Waals surface area contributed by atoms with Crippen LogP contribution >= 0.6 is 34.5 Å². The maximum Gasteiger partial charge on any atom is 0.256 e. The summed E-state index contributed by atoms with van der Waals surface area (Å²) in [7, 11) is 0. The van der Waals surface area contributed by atoms with Crippen molar-refractivity contribution in [3.05, 3.63) is 20.3 Å². The molecule has 3 heterocycles. The fourth-order valence-corrected chi connectivity index (χ4v) is 4.60. The SMILES string of the molecule is C[C@H]1CN(C(=O)c2cc(Cl)sc2Cl)C[C@@H]1N1CCOCC1. The number of amides is 1. The van der Waals surface area contributed by atoms with Crippen LogP contribution in [0.1, 0.15) is 17.3 Å². The molecule has 3 rings (SSSR count). The van der Waals surface area contributed by atoms with Crippen molar-refractivity contribution < 1.29 is 9.53 Å². The molecule has 7 heteroatoms. The summed E-state index contributed by atoms with van der Waals surface area (Å²) in [5, 5.41) is 0. The molecule has 1 amide bonds. The summed E-state index contributed by atoms with van der Waals surface area (Å²) in [5.41, 5.74) is 0.529. The van der Waals surface area contributed by atoms with Crippen LogP contribution in [-0.4, -0.2) is 61.1 Å². The standard InChI is InChI=1S/C14H18Cl2N2O2S/c1-9-7-18(8-11(9)17-2-4-20-5-3-17)14(19)10-6-12(15)21-13(10)16/h6,9,11H,2-5,7-8H2,1H3/t9-,11-/m0/s1. The number of rotatable bonds is 2. The number of carbonyl (C=O) groups excluding carboxylic acids is 1. The molecule has 1 aromatic heterocycles. The molecule has 21 heavy (non-hydrogen) atoms. The molecule has 2 aliphatic rings. The van der Waals surface area contributed by atoms with Crippen LogP contribution in [0.5, 0.6) is 0 Å². The minimum atomic E-state index is -0.00856. The molecule has 0 spiro atoms. The molecule has 0 N–H and O–H groups in total. The highest BCUT2D eigenvalue weighted by molar-refractivity contribution is 7.20. The molecule has 2 fully saturated rings. The number of ether oxygens (including phenoxy) is 1. The van der Waals surface area contributed by atoms with Crippen LogP contribution in [0, 0.1) is 5.92 Å². The number of nitrogens with zero attached hydrogens (tertiary/aromatic N) is 2. The van der Waals surface area contributed by atoms with Gasteiger partial charge in [-0.3, -0.25) is 9.69 Å². The average molecular weight is 349 g/mol. The Kier molecular flexibility index (Phi) is 4.76. The normalized spacial score (nSPS) is 27.3. The Balaban J connectivity index is 1.70. The lowest BCUT2D eigenvalue weighted by atomic mass is 10.0. The lowest BCUT2D eigenvalue weighted by molar-refractivity contribution is 0.0119. The van der Waals surface area contributed by atoms with Gasteiger partial charge in [-0.2, -0.15) is 0 Å². The van der Waals surface area contributed by atoms with Gasteiger partial charge in [0.1, 0.15) is 4.34 Å². The summed E-state index contributed by atoms with van der Waals surface area (Å²) >= 11 is 13.3. The van der Waals surface area contributed by atoms with E-state index < -0.39 is 0 Å². The van der Waals surface area contributed by atoms with Crippen molar-refractivity contribution in [2.24, 2.45) is 5.92 Å². The van der Waals surface area contributed by atoms with Crippen LogP contribution in [0.3, 0.4) is 0 Å². The zero-order valence-corrected chi connectivity index (χ0v) is 14.2. The molecule has 0 radical (unpaired) electrons. The molecule has 0 aliphatic carbocycles.